The number of hydrogen-bond acceptors (Lipinski definition) is 6. The summed E-state index contributed by atoms with van der Waals surface area (Å²) in [5.74, 6) is 0.199. The fraction of sp³-hybridized carbons (Fsp3) is 0.630. The second-order valence-electron chi connectivity index (χ2n) is 10.4. The molecule has 0 radical (unpaired) electrons. The van der Waals surface area contributed by atoms with Gasteiger partial charge in [0.15, 0.2) is 5.69 Å². The zero-order valence-electron chi connectivity index (χ0n) is 22.8. The van der Waals surface area contributed by atoms with Crippen LogP contribution in [0.15, 0.2) is 30.3 Å². The van der Waals surface area contributed by atoms with Crippen LogP contribution in [0.3, 0.4) is 0 Å². The quantitative estimate of drug-likeness (QED) is 0.419. The first-order chi connectivity index (χ1) is 18.0. The number of carbonyl (C=O) groups is 2. The summed E-state index contributed by atoms with van der Waals surface area (Å²) in [5, 5.41) is 15.3. The summed E-state index contributed by atoms with van der Waals surface area (Å²) in [4.78, 5) is 30.5. The predicted molar refractivity (Wildman–Crippen MR) is 149 cm³/mol. The van der Waals surface area contributed by atoms with Crippen molar-refractivity contribution in [1.29, 1.82) is 0 Å². The molecule has 2 fully saturated rings. The van der Waals surface area contributed by atoms with Crippen molar-refractivity contribution in [2.24, 2.45) is 5.92 Å². The molecule has 0 aliphatic carbocycles. The number of rotatable bonds is 11. The summed E-state index contributed by atoms with van der Waals surface area (Å²) in [6.45, 7) is 8.45. The van der Waals surface area contributed by atoms with Gasteiger partial charge < -0.3 is 25.2 Å². The Morgan fingerprint density at radius 1 is 1.21 bits per heavy atom. The minimum atomic E-state index is -0.0897. The largest absolute Gasteiger partial charge is 0.385 e. The second-order valence-corrected chi connectivity index (χ2v) is 10.4. The van der Waals surface area contributed by atoms with E-state index in [-0.39, 0.29) is 42.3 Å². The summed E-state index contributed by atoms with van der Waals surface area (Å²) in [5.41, 5.74) is 2.14. The molecule has 2 N–H and O–H groups in total. The number of carbonyl (C=O) groups excluding carboxylic acids is 2. The summed E-state index contributed by atoms with van der Waals surface area (Å²) in [6, 6.07) is 9.85. The number of unbranched alkanes of at least 4 members (excludes halogenated alkanes) is 1. The molecule has 2 aromatic rings. The van der Waals surface area contributed by atoms with E-state index in [1.165, 1.54) is 0 Å². The van der Waals surface area contributed by atoms with Crippen LogP contribution >= 0.6 is 12.4 Å². The van der Waals surface area contributed by atoms with Crippen LogP contribution in [-0.4, -0.2) is 95.3 Å². The van der Waals surface area contributed by atoms with Gasteiger partial charge in [-0.2, -0.15) is 0 Å². The third kappa shape index (κ3) is 7.24. The number of nitrogens with zero attached hydrogens (tertiary/aromatic N) is 5. The van der Waals surface area contributed by atoms with E-state index in [2.05, 4.69) is 34.8 Å². The van der Waals surface area contributed by atoms with Gasteiger partial charge in [0.1, 0.15) is 0 Å². The molecule has 2 aliphatic rings. The molecule has 3 amide bonds. The molecule has 11 heteroatoms. The van der Waals surface area contributed by atoms with Crippen LogP contribution in [0.4, 0.5) is 4.79 Å². The Morgan fingerprint density at radius 3 is 2.71 bits per heavy atom. The molecular weight excluding hydrogens is 506 g/mol. The van der Waals surface area contributed by atoms with Crippen molar-refractivity contribution in [1.82, 2.24) is 35.4 Å². The number of piperidine rings is 1. The first kappa shape index (κ1) is 29.9. The van der Waals surface area contributed by atoms with E-state index in [9.17, 15) is 9.59 Å². The van der Waals surface area contributed by atoms with E-state index in [0.29, 0.717) is 31.8 Å². The van der Waals surface area contributed by atoms with Crippen molar-refractivity contribution in [2.45, 2.75) is 58.0 Å². The van der Waals surface area contributed by atoms with Gasteiger partial charge in [0, 0.05) is 58.5 Å². The molecule has 0 bridgehead atoms. The van der Waals surface area contributed by atoms with Crippen LogP contribution in [0.1, 0.15) is 55.7 Å². The highest BCUT2D eigenvalue weighted by molar-refractivity contribution is 5.93. The number of methoxy groups -OCH3 is 1. The fourth-order valence-electron chi connectivity index (χ4n) is 5.30. The fourth-order valence-corrected chi connectivity index (χ4v) is 5.30. The lowest BCUT2D eigenvalue weighted by Crippen LogP contribution is -2.61. The van der Waals surface area contributed by atoms with E-state index in [4.69, 9.17) is 4.74 Å². The van der Waals surface area contributed by atoms with Crippen molar-refractivity contribution < 1.29 is 14.3 Å². The molecular formula is C27H42ClN7O3. The highest BCUT2D eigenvalue weighted by Gasteiger charge is 2.36. The monoisotopic (exact) mass is 547 g/mol. The zero-order chi connectivity index (χ0) is 26.2. The number of urea groups is 1. The van der Waals surface area contributed by atoms with E-state index in [1.807, 2.05) is 40.1 Å². The van der Waals surface area contributed by atoms with Crippen molar-refractivity contribution in [3.8, 4) is 5.69 Å². The van der Waals surface area contributed by atoms with Crippen molar-refractivity contribution in [2.75, 3.05) is 46.4 Å². The Morgan fingerprint density at radius 2 is 2.00 bits per heavy atom. The van der Waals surface area contributed by atoms with Gasteiger partial charge in [-0.15, -0.1) is 17.5 Å². The average molecular weight is 548 g/mol. The third-order valence-corrected chi connectivity index (χ3v) is 7.10. The van der Waals surface area contributed by atoms with Crippen molar-refractivity contribution in [3.63, 3.8) is 0 Å². The zero-order valence-corrected chi connectivity index (χ0v) is 23.6. The molecule has 1 aromatic heterocycles. The van der Waals surface area contributed by atoms with E-state index >= 15 is 0 Å². The molecule has 2 saturated heterocycles. The lowest BCUT2D eigenvalue weighted by atomic mass is 9.97. The summed E-state index contributed by atoms with van der Waals surface area (Å²) in [7, 11) is 1.70. The van der Waals surface area contributed by atoms with Crippen LogP contribution in [-0.2, 0) is 11.2 Å². The van der Waals surface area contributed by atoms with E-state index in [1.54, 1.807) is 11.8 Å². The lowest BCUT2D eigenvalue weighted by Gasteiger charge is -2.43. The first-order valence-electron chi connectivity index (χ1n) is 13.5. The highest BCUT2D eigenvalue weighted by Crippen LogP contribution is 2.23. The third-order valence-electron chi connectivity index (χ3n) is 7.10. The van der Waals surface area contributed by atoms with Gasteiger partial charge in [0.05, 0.1) is 11.4 Å². The smallest absolute Gasteiger partial charge is 0.317 e. The molecule has 0 saturated carbocycles. The van der Waals surface area contributed by atoms with Gasteiger partial charge in [-0.3, -0.25) is 4.79 Å². The van der Waals surface area contributed by atoms with Gasteiger partial charge in [-0.1, -0.05) is 37.3 Å². The molecule has 38 heavy (non-hydrogen) atoms. The normalized spacial score (nSPS) is 19.7. The van der Waals surface area contributed by atoms with Crippen LogP contribution < -0.4 is 10.6 Å². The number of halogens is 1. The van der Waals surface area contributed by atoms with Crippen LogP contribution in [0.25, 0.3) is 5.69 Å². The molecule has 2 aliphatic heterocycles. The average Bonchev–Trinajstić information content (AvgIpc) is 3.34. The standard InChI is InChI=1S/C27H41N7O3.ClH/c1-20(2)19-33(23-16-22(17-28-18-23)32-14-9-13-29-27(32)36)26(35)25-24(12-7-8-15-37-3)34(31-30-25)21-10-5-4-6-11-21;/h4-6,10-11,20,22-23,28H,7-9,12-19H2,1-3H3,(H,29,36);1H/t22-,23+;/m1./s1. The molecule has 0 spiro atoms. The second kappa shape index (κ2) is 14.5. The van der Waals surface area contributed by atoms with Gasteiger partial charge in [-0.05, 0) is 50.2 Å². The highest BCUT2D eigenvalue weighted by atomic mass is 35.5. The molecule has 10 nitrogen and oxygen atoms in total. The lowest BCUT2D eigenvalue weighted by molar-refractivity contribution is 0.0541. The maximum absolute atomic E-state index is 14.1. The summed E-state index contributed by atoms with van der Waals surface area (Å²) >= 11 is 0. The number of amides is 3. The first-order valence-corrected chi connectivity index (χ1v) is 13.5. The van der Waals surface area contributed by atoms with Crippen LogP contribution in [0, 0.1) is 5.92 Å². The van der Waals surface area contributed by atoms with Gasteiger partial charge in [-0.25, -0.2) is 9.48 Å². The minimum Gasteiger partial charge on any atom is -0.385 e. The van der Waals surface area contributed by atoms with Crippen LogP contribution in [0.2, 0.25) is 0 Å². The van der Waals surface area contributed by atoms with E-state index in [0.717, 1.165) is 56.7 Å². The molecule has 0 unspecified atom stereocenters. The molecule has 2 atom stereocenters. The van der Waals surface area contributed by atoms with Gasteiger partial charge in [0.2, 0.25) is 0 Å². The van der Waals surface area contributed by atoms with Crippen molar-refractivity contribution >= 4 is 24.3 Å². The van der Waals surface area contributed by atoms with Crippen molar-refractivity contribution in [3.05, 3.63) is 41.7 Å². The van der Waals surface area contributed by atoms with Gasteiger partial charge in [0.25, 0.3) is 5.91 Å². The Hall–Kier alpha value is -2.69. The molecule has 210 valence electrons. The Bertz CT molecular complexity index is 1030. The molecule has 3 heterocycles. The number of hydrogen-bond donors (Lipinski definition) is 2. The summed E-state index contributed by atoms with van der Waals surface area (Å²) in [6.07, 6.45) is 4.13. The molecule has 4 rings (SSSR count). The van der Waals surface area contributed by atoms with Crippen LogP contribution in [0.5, 0.6) is 0 Å². The maximum atomic E-state index is 14.1. The number of para-hydroxylation sites is 1. The number of nitrogens with one attached hydrogen (secondary N) is 2. The Balaban J connectivity index is 0.00000400. The number of benzene rings is 1. The molecule has 1 aromatic carbocycles. The maximum Gasteiger partial charge on any atom is 0.317 e. The minimum absolute atomic E-state index is 0. The Kier molecular flexibility index (Phi) is 11.4. The number of ether oxygens (including phenoxy) is 1. The SMILES string of the molecule is COCCCCc1c(C(=O)N(CC(C)C)[C@@H]2CNC[C@H](N3CCCNC3=O)C2)nnn1-c1ccccc1.Cl. The predicted octanol–water partition coefficient (Wildman–Crippen LogP) is 2.90. The summed E-state index contributed by atoms with van der Waals surface area (Å²) < 4.78 is 7.03. The number of aromatic nitrogens is 3. The van der Waals surface area contributed by atoms with Gasteiger partial charge >= 0.3 is 6.03 Å². The topological polar surface area (TPSA) is 105 Å². The Labute approximate surface area is 231 Å². The van der Waals surface area contributed by atoms with E-state index < -0.39 is 0 Å².